The molecular weight excluding hydrogens is 216 g/mol. The van der Waals surface area contributed by atoms with Gasteiger partial charge in [-0.05, 0) is 6.92 Å². The molecule has 16 heavy (non-hydrogen) atoms. The van der Waals surface area contributed by atoms with E-state index in [9.17, 15) is 14.4 Å². The van der Waals surface area contributed by atoms with Crippen LogP contribution in [-0.2, 0) is 9.47 Å². The van der Waals surface area contributed by atoms with Crippen LogP contribution < -0.4 is 0 Å². The van der Waals surface area contributed by atoms with E-state index in [2.05, 4.69) is 9.47 Å². The lowest BCUT2D eigenvalue weighted by molar-refractivity contribution is 0.0527. The molecule has 1 heterocycles. The van der Waals surface area contributed by atoms with Crippen molar-refractivity contribution in [3.8, 4) is 0 Å². The van der Waals surface area contributed by atoms with Crippen LogP contribution in [0.1, 0.15) is 37.0 Å². The Bertz CT molecular complexity index is 442. The maximum Gasteiger partial charge on any atom is 0.374 e. The first-order valence-electron chi connectivity index (χ1n) is 4.32. The first-order valence-corrected chi connectivity index (χ1v) is 4.32. The third-order valence-electron chi connectivity index (χ3n) is 2.01. The number of rotatable bonds is 3. The van der Waals surface area contributed by atoms with Crippen LogP contribution in [0.4, 0.5) is 0 Å². The first-order chi connectivity index (χ1) is 7.56. The molecule has 0 saturated heterocycles. The lowest BCUT2D eigenvalue weighted by atomic mass is 10.1. The second kappa shape index (κ2) is 4.61. The molecule has 86 valence electrons. The maximum absolute atomic E-state index is 11.4. The molecule has 1 aromatic rings. The van der Waals surface area contributed by atoms with Gasteiger partial charge < -0.3 is 13.9 Å². The molecule has 0 radical (unpaired) electrons. The Kier molecular flexibility index (Phi) is 3.44. The molecule has 6 heteroatoms. The minimum Gasteiger partial charge on any atom is -0.465 e. The van der Waals surface area contributed by atoms with Gasteiger partial charge in [0, 0.05) is 0 Å². The zero-order valence-electron chi connectivity index (χ0n) is 9.03. The molecule has 0 aliphatic rings. The van der Waals surface area contributed by atoms with E-state index in [1.54, 1.807) is 0 Å². The summed E-state index contributed by atoms with van der Waals surface area (Å²) in [7, 11) is 2.28. The average molecular weight is 226 g/mol. The van der Waals surface area contributed by atoms with E-state index in [1.807, 2.05) is 0 Å². The minimum atomic E-state index is -0.836. The summed E-state index contributed by atoms with van der Waals surface area (Å²) >= 11 is 0. The molecule has 1 aromatic heterocycles. The maximum atomic E-state index is 11.4. The largest absolute Gasteiger partial charge is 0.465 e. The predicted molar refractivity (Wildman–Crippen MR) is 51.5 cm³/mol. The van der Waals surface area contributed by atoms with Gasteiger partial charge >= 0.3 is 11.9 Å². The first kappa shape index (κ1) is 12.0. The smallest absolute Gasteiger partial charge is 0.374 e. The second-order valence-electron chi connectivity index (χ2n) is 2.88. The van der Waals surface area contributed by atoms with Gasteiger partial charge in [0.1, 0.15) is 11.3 Å². The summed E-state index contributed by atoms with van der Waals surface area (Å²) in [5.74, 6) is -1.82. The average Bonchev–Trinajstić information content (AvgIpc) is 2.63. The topological polar surface area (TPSA) is 82.8 Å². The SMILES string of the molecule is COC(=O)c1oc(C)c(C=O)c1C(=O)OC. The third-order valence-corrected chi connectivity index (χ3v) is 2.01. The van der Waals surface area contributed by atoms with Gasteiger partial charge in [0.15, 0.2) is 6.29 Å². The number of hydrogen-bond donors (Lipinski definition) is 0. The van der Waals surface area contributed by atoms with E-state index in [4.69, 9.17) is 4.42 Å². The van der Waals surface area contributed by atoms with E-state index in [-0.39, 0.29) is 22.6 Å². The lowest BCUT2D eigenvalue weighted by Crippen LogP contribution is -2.11. The highest BCUT2D eigenvalue weighted by molar-refractivity contribution is 6.07. The number of carbonyl (C=O) groups excluding carboxylic acids is 3. The Morgan fingerprint density at radius 2 is 1.75 bits per heavy atom. The number of furan rings is 1. The van der Waals surface area contributed by atoms with E-state index in [1.165, 1.54) is 6.92 Å². The molecule has 0 aromatic carbocycles. The summed E-state index contributed by atoms with van der Waals surface area (Å²) in [4.78, 5) is 33.5. The quantitative estimate of drug-likeness (QED) is 0.564. The Morgan fingerprint density at radius 1 is 1.19 bits per heavy atom. The molecule has 6 nitrogen and oxygen atoms in total. The van der Waals surface area contributed by atoms with Crippen molar-refractivity contribution in [1.82, 2.24) is 0 Å². The number of methoxy groups -OCH3 is 2. The second-order valence-corrected chi connectivity index (χ2v) is 2.88. The summed E-state index contributed by atoms with van der Waals surface area (Å²) in [6, 6.07) is 0. The highest BCUT2D eigenvalue weighted by atomic mass is 16.5. The molecule has 0 amide bonds. The fourth-order valence-corrected chi connectivity index (χ4v) is 1.24. The van der Waals surface area contributed by atoms with Crippen LogP contribution in [0.15, 0.2) is 4.42 Å². The van der Waals surface area contributed by atoms with E-state index in [0.29, 0.717) is 6.29 Å². The Balaban J connectivity index is 3.44. The summed E-state index contributed by atoms with van der Waals surface area (Å²) in [6.07, 6.45) is 0.428. The standard InChI is InChI=1S/C10H10O6/c1-5-6(4-11)7(9(12)14-2)8(16-5)10(13)15-3/h4H,1-3H3. The number of ether oxygens (including phenoxy) is 2. The van der Waals surface area contributed by atoms with Crippen LogP contribution in [0.3, 0.4) is 0 Å². The van der Waals surface area contributed by atoms with Crippen molar-refractivity contribution in [3.63, 3.8) is 0 Å². The highest BCUT2D eigenvalue weighted by Crippen LogP contribution is 2.22. The Hall–Kier alpha value is -2.11. The predicted octanol–water partition coefficient (Wildman–Crippen LogP) is 0.974. The highest BCUT2D eigenvalue weighted by Gasteiger charge is 2.29. The zero-order valence-corrected chi connectivity index (χ0v) is 9.03. The molecule has 0 bridgehead atoms. The summed E-state index contributed by atoms with van der Waals surface area (Å²) in [6.45, 7) is 1.46. The molecule has 0 fully saturated rings. The van der Waals surface area contributed by atoms with Gasteiger partial charge in [0.2, 0.25) is 5.76 Å². The van der Waals surface area contributed by atoms with Crippen molar-refractivity contribution in [2.24, 2.45) is 0 Å². The van der Waals surface area contributed by atoms with Crippen LogP contribution in [0.25, 0.3) is 0 Å². The molecule has 0 aliphatic heterocycles. The molecule has 0 unspecified atom stereocenters. The Morgan fingerprint density at radius 3 is 2.19 bits per heavy atom. The van der Waals surface area contributed by atoms with Crippen LogP contribution >= 0.6 is 0 Å². The van der Waals surface area contributed by atoms with E-state index >= 15 is 0 Å². The van der Waals surface area contributed by atoms with Crippen molar-refractivity contribution >= 4 is 18.2 Å². The number of esters is 2. The van der Waals surface area contributed by atoms with Gasteiger partial charge in [0.05, 0.1) is 19.8 Å². The van der Waals surface area contributed by atoms with Gasteiger partial charge in [-0.25, -0.2) is 9.59 Å². The van der Waals surface area contributed by atoms with Crippen molar-refractivity contribution in [2.45, 2.75) is 6.92 Å². The van der Waals surface area contributed by atoms with Crippen LogP contribution in [0.5, 0.6) is 0 Å². The van der Waals surface area contributed by atoms with Crippen LogP contribution in [0.2, 0.25) is 0 Å². The summed E-state index contributed by atoms with van der Waals surface area (Å²) < 4.78 is 13.9. The van der Waals surface area contributed by atoms with Gasteiger partial charge in [-0.2, -0.15) is 0 Å². The lowest BCUT2D eigenvalue weighted by Gasteiger charge is -1.99. The van der Waals surface area contributed by atoms with Crippen molar-refractivity contribution in [1.29, 1.82) is 0 Å². The van der Waals surface area contributed by atoms with Gasteiger partial charge in [0.25, 0.3) is 0 Å². The summed E-state index contributed by atoms with van der Waals surface area (Å²) in [5.41, 5.74) is -0.214. The molecule has 0 spiro atoms. The van der Waals surface area contributed by atoms with E-state index in [0.717, 1.165) is 14.2 Å². The monoisotopic (exact) mass is 226 g/mol. The molecule has 0 N–H and O–H groups in total. The number of aldehydes is 1. The normalized spacial score (nSPS) is 9.69. The molecule has 0 atom stereocenters. The number of aryl methyl sites for hydroxylation is 1. The van der Waals surface area contributed by atoms with Crippen LogP contribution in [0, 0.1) is 6.92 Å². The fourth-order valence-electron chi connectivity index (χ4n) is 1.24. The van der Waals surface area contributed by atoms with Gasteiger partial charge in [-0.15, -0.1) is 0 Å². The van der Waals surface area contributed by atoms with Crippen molar-refractivity contribution in [3.05, 3.63) is 22.6 Å². The van der Waals surface area contributed by atoms with Crippen LogP contribution in [-0.4, -0.2) is 32.4 Å². The van der Waals surface area contributed by atoms with E-state index < -0.39 is 11.9 Å². The zero-order chi connectivity index (χ0) is 12.3. The minimum absolute atomic E-state index is 0.00718. The van der Waals surface area contributed by atoms with Gasteiger partial charge in [-0.3, -0.25) is 4.79 Å². The van der Waals surface area contributed by atoms with Crippen molar-refractivity contribution < 1.29 is 28.3 Å². The van der Waals surface area contributed by atoms with Gasteiger partial charge in [-0.1, -0.05) is 0 Å². The molecule has 0 saturated carbocycles. The third kappa shape index (κ3) is 1.81. The molecule has 0 aliphatic carbocycles. The Labute approximate surface area is 91.1 Å². The van der Waals surface area contributed by atoms with Crippen molar-refractivity contribution in [2.75, 3.05) is 14.2 Å². The summed E-state index contributed by atoms with van der Waals surface area (Å²) in [5, 5.41) is 0. The molecular formula is C10H10O6. The fraction of sp³-hybridized carbons (Fsp3) is 0.300. The number of hydrogen-bond acceptors (Lipinski definition) is 6. The molecule has 1 rings (SSSR count). The number of carbonyl (C=O) groups is 3.